The lowest BCUT2D eigenvalue weighted by molar-refractivity contribution is -0.0774. The van der Waals surface area contributed by atoms with Crippen LogP contribution in [0.2, 0.25) is 0 Å². The largest absolute Gasteiger partial charge is 0.325 e. The van der Waals surface area contributed by atoms with Crippen LogP contribution in [0.25, 0.3) is 0 Å². The Morgan fingerprint density at radius 2 is 1.77 bits per heavy atom. The SMILES string of the molecule is CC(C)N1CC(C)N(CC2CC2)C2(CCN(C(=O)N(C)C(C)C)CC2)C1. The first-order valence-electron chi connectivity index (χ1n) is 10.8. The van der Waals surface area contributed by atoms with Crippen LogP contribution in [0.15, 0.2) is 0 Å². The minimum atomic E-state index is 0.202. The van der Waals surface area contributed by atoms with Gasteiger partial charge in [-0.15, -0.1) is 0 Å². The number of piperazine rings is 1. The fourth-order valence-electron chi connectivity index (χ4n) is 4.79. The first-order chi connectivity index (χ1) is 12.2. The zero-order chi connectivity index (χ0) is 19.1. The Hall–Kier alpha value is -0.810. The highest BCUT2D eigenvalue weighted by atomic mass is 16.2. The van der Waals surface area contributed by atoms with E-state index in [1.165, 1.54) is 32.5 Å². The van der Waals surface area contributed by atoms with E-state index < -0.39 is 0 Å². The molecule has 0 bridgehead atoms. The van der Waals surface area contributed by atoms with E-state index in [9.17, 15) is 4.79 Å². The molecule has 1 unspecified atom stereocenters. The van der Waals surface area contributed by atoms with Gasteiger partial charge in [0, 0.05) is 63.4 Å². The van der Waals surface area contributed by atoms with E-state index >= 15 is 0 Å². The molecule has 0 aromatic carbocycles. The van der Waals surface area contributed by atoms with Crippen LogP contribution in [0.5, 0.6) is 0 Å². The highest BCUT2D eigenvalue weighted by Crippen LogP contribution is 2.40. The summed E-state index contributed by atoms with van der Waals surface area (Å²) in [6.45, 7) is 16.7. The zero-order valence-electron chi connectivity index (χ0n) is 17.9. The highest BCUT2D eigenvalue weighted by Gasteiger charge is 2.48. The molecule has 2 amide bonds. The summed E-state index contributed by atoms with van der Waals surface area (Å²) in [6.07, 6.45) is 5.06. The number of hydrogen-bond donors (Lipinski definition) is 0. The van der Waals surface area contributed by atoms with Crippen LogP contribution in [0, 0.1) is 5.92 Å². The molecule has 0 aromatic rings. The van der Waals surface area contributed by atoms with Gasteiger partial charge in [0.25, 0.3) is 0 Å². The second-order valence-corrected chi connectivity index (χ2v) is 9.67. The van der Waals surface area contributed by atoms with Gasteiger partial charge in [-0.05, 0) is 66.2 Å². The second-order valence-electron chi connectivity index (χ2n) is 9.67. The number of likely N-dealkylation sites (tertiary alicyclic amines) is 1. The van der Waals surface area contributed by atoms with Crippen molar-refractivity contribution in [2.24, 2.45) is 5.92 Å². The van der Waals surface area contributed by atoms with Crippen LogP contribution in [0.4, 0.5) is 4.79 Å². The second kappa shape index (κ2) is 7.67. The number of rotatable bonds is 4. The maximum Gasteiger partial charge on any atom is 0.319 e. The van der Waals surface area contributed by atoms with Gasteiger partial charge in [0.15, 0.2) is 0 Å². The Kier molecular flexibility index (Phi) is 5.88. The molecule has 3 rings (SSSR count). The third kappa shape index (κ3) is 4.04. The Labute approximate surface area is 160 Å². The first-order valence-corrected chi connectivity index (χ1v) is 10.8. The maximum absolute atomic E-state index is 12.7. The van der Waals surface area contributed by atoms with Gasteiger partial charge < -0.3 is 9.80 Å². The molecule has 1 spiro atoms. The topological polar surface area (TPSA) is 30.0 Å². The molecule has 2 saturated heterocycles. The molecule has 0 aromatic heterocycles. The fourth-order valence-corrected chi connectivity index (χ4v) is 4.79. The number of carbonyl (C=O) groups is 1. The Balaban J connectivity index is 1.71. The van der Waals surface area contributed by atoms with Crippen molar-refractivity contribution in [2.75, 3.05) is 39.8 Å². The number of amides is 2. The average Bonchev–Trinajstić information content (AvgIpc) is 3.41. The van der Waals surface area contributed by atoms with Crippen LogP contribution in [-0.2, 0) is 0 Å². The maximum atomic E-state index is 12.7. The molecule has 3 aliphatic rings. The third-order valence-corrected chi connectivity index (χ3v) is 7.06. The summed E-state index contributed by atoms with van der Waals surface area (Å²) >= 11 is 0. The summed E-state index contributed by atoms with van der Waals surface area (Å²) in [6, 6.07) is 1.68. The van der Waals surface area contributed by atoms with E-state index in [1.54, 1.807) is 0 Å². The third-order valence-electron chi connectivity index (χ3n) is 7.06. The number of hydrogen-bond acceptors (Lipinski definition) is 3. The van der Waals surface area contributed by atoms with Crippen molar-refractivity contribution in [2.45, 2.75) is 84.0 Å². The van der Waals surface area contributed by atoms with Crippen molar-refractivity contribution >= 4 is 6.03 Å². The Morgan fingerprint density at radius 3 is 2.27 bits per heavy atom. The number of nitrogens with zero attached hydrogens (tertiary/aromatic N) is 4. The van der Waals surface area contributed by atoms with Crippen LogP contribution in [0.1, 0.15) is 60.3 Å². The van der Waals surface area contributed by atoms with Crippen LogP contribution in [-0.4, -0.2) is 89.1 Å². The van der Waals surface area contributed by atoms with Crippen molar-refractivity contribution in [1.82, 2.24) is 19.6 Å². The van der Waals surface area contributed by atoms with Crippen molar-refractivity contribution in [3.05, 3.63) is 0 Å². The number of piperidine rings is 1. The van der Waals surface area contributed by atoms with Gasteiger partial charge in [-0.3, -0.25) is 9.80 Å². The van der Waals surface area contributed by atoms with Gasteiger partial charge in [0.2, 0.25) is 0 Å². The minimum Gasteiger partial charge on any atom is -0.325 e. The van der Waals surface area contributed by atoms with E-state index in [0.29, 0.717) is 12.1 Å². The van der Waals surface area contributed by atoms with Gasteiger partial charge in [0.1, 0.15) is 0 Å². The zero-order valence-corrected chi connectivity index (χ0v) is 17.9. The van der Waals surface area contributed by atoms with Crippen LogP contribution in [0.3, 0.4) is 0 Å². The van der Waals surface area contributed by atoms with E-state index in [4.69, 9.17) is 0 Å². The molecule has 1 atom stereocenters. The molecular weight excluding hydrogens is 324 g/mol. The predicted octanol–water partition coefficient (Wildman–Crippen LogP) is 3.11. The smallest absolute Gasteiger partial charge is 0.319 e. The van der Waals surface area contributed by atoms with Gasteiger partial charge in [-0.2, -0.15) is 0 Å². The van der Waals surface area contributed by atoms with Crippen molar-refractivity contribution < 1.29 is 4.79 Å². The summed E-state index contributed by atoms with van der Waals surface area (Å²) < 4.78 is 0. The molecule has 1 saturated carbocycles. The van der Waals surface area contributed by atoms with E-state index in [-0.39, 0.29) is 17.6 Å². The van der Waals surface area contributed by atoms with Crippen LogP contribution < -0.4 is 0 Å². The fraction of sp³-hybridized carbons (Fsp3) is 0.952. The van der Waals surface area contributed by atoms with Gasteiger partial charge in [-0.25, -0.2) is 4.79 Å². The Morgan fingerprint density at radius 1 is 1.15 bits per heavy atom. The van der Waals surface area contributed by atoms with Gasteiger partial charge >= 0.3 is 6.03 Å². The van der Waals surface area contributed by atoms with Crippen molar-refractivity contribution in [1.29, 1.82) is 0 Å². The molecule has 2 heterocycles. The molecule has 0 radical (unpaired) electrons. The van der Waals surface area contributed by atoms with Crippen LogP contribution >= 0.6 is 0 Å². The minimum absolute atomic E-state index is 0.202. The molecule has 150 valence electrons. The molecule has 5 nitrogen and oxygen atoms in total. The quantitative estimate of drug-likeness (QED) is 0.768. The summed E-state index contributed by atoms with van der Waals surface area (Å²) in [5.41, 5.74) is 0.262. The molecular formula is C21H40N4O. The highest BCUT2D eigenvalue weighted by molar-refractivity contribution is 5.74. The number of carbonyl (C=O) groups excluding carboxylic acids is 1. The standard InChI is InChI=1S/C21H40N4O/c1-16(2)22(6)20(26)23-11-9-21(10-12-23)15-24(17(3)4)13-18(5)25(21)14-19-7-8-19/h16-19H,7-15H2,1-6H3. The summed E-state index contributed by atoms with van der Waals surface area (Å²) in [5, 5.41) is 0. The molecule has 2 aliphatic heterocycles. The van der Waals surface area contributed by atoms with Gasteiger partial charge in [0.05, 0.1) is 0 Å². The molecule has 5 heteroatoms. The predicted molar refractivity (Wildman–Crippen MR) is 107 cm³/mol. The summed E-state index contributed by atoms with van der Waals surface area (Å²) in [5.74, 6) is 0.923. The molecule has 0 N–H and O–H groups in total. The molecule has 1 aliphatic carbocycles. The first kappa shape index (κ1) is 19.9. The van der Waals surface area contributed by atoms with Gasteiger partial charge in [-0.1, -0.05) is 0 Å². The van der Waals surface area contributed by atoms with E-state index in [1.807, 2.05) is 11.9 Å². The lowest BCUT2D eigenvalue weighted by Crippen LogP contribution is -2.70. The summed E-state index contributed by atoms with van der Waals surface area (Å²) in [7, 11) is 1.93. The van der Waals surface area contributed by atoms with Crippen molar-refractivity contribution in [3.63, 3.8) is 0 Å². The monoisotopic (exact) mass is 364 g/mol. The number of urea groups is 1. The molecule has 26 heavy (non-hydrogen) atoms. The summed E-state index contributed by atoms with van der Waals surface area (Å²) in [4.78, 5) is 22.2. The Bertz CT molecular complexity index is 494. The van der Waals surface area contributed by atoms with Crippen molar-refractivity contribution in [3.8, 4) is 0 Å². The lowest BCUT2D eigenvalue weighted by Gasteiger charge is -2.58. The molecule has 3 fully saturated rings. The average molecular weight is 365 g/mol. The van der Waals surface area contributed by atoms with E-state index in [0.717, 1.165) is 31.8 Å². The normalized spacial score (nSPS) is 27.5. The van der Waals surface area contributed by atoms with E-state index in [2.05, 4.69) is 49.3 Å². The lowest BCUT2D eigenvalue weighted by atomic mass is 9.81.